The van der Waals surface area contributed by atoms with E-state index in [1.54, 1.807) is 6.92 Å². The van der Waals surface area contributed by atoms with Gasteiger partial charge in [0, 0.05) is 25.6 Å². The molecule has 1 amide bonds. The van der Waals surface area contributed by atoms with Crippen LogP contribution in [-0.2, 0) is 9.53 Å². The third kappa shape index (κ3) is 4.60. The Morgan fingerprint density at radius 2 is 1.81 bits per heavy atom. The van der Waals surface area contributed by atoms with Crippen molar-refractivity contribution < 1.29 is 18.3 Å². The van der Waals surface area contributed by atoms with Crippen LogP contribution in [-0.4, -0.2) is 42.1 Å². The summed E-state index contributed by atoms with van der Waals surface area (Å²) < 4.78 is 32.9. The number of ether oxygens (including phenoxy) is 1. The molecule has 1 saturated heterocycles. The number of benzene rings is 1. The molecule has 6 heteroatoms. The van der Waals surface area contributed by atoms with Crippen molar-refractivity contribution in [3.05, 3.63) is 35.4 Å². The maximum atomic E-state index is 13.4. The highest BCUT2D eigenvalue weighted by molar-refractivity contribution is 5.73. The molecule has 26 heavy (non-hydrogen) atoms. The first kappa shape index (κ1) is 19.2. The van der Waals surface area contributed by atoms with Crippen molar-refractivity contribution in [2.75, 3.05) is 13.2 Å². The van der Waals surface area contributed by atoms with Crippen LogP contribution in [0, 0.1) is 11.6 Å². The van der Waals surface area contributed by atoms with Crippen molar-refractivity contribution in [3.8, 4) is 0 Å². The average Bonchev–Trinajstić information content (AvgIpc) is 2.60. The predicted molar refractivity (Wildman–Crippen MR) is 95.7 cm³/mol. The highest BCUT2D eigenvalue weighted by Gasteiger charge is 2.32. The molecule has 1 aliphatic carbocycles. The van der Waals surface area contributed by atoms with Crippen LogP contribution in [0.25, 0.3) is 0 Å². The van der Waals surface area contributed by atoms with Gasteiger partial charge in [0.05, 0.1) is 18.8 Å². The Bertz CT molecular complexity index is 612. The fraction of sp³-hybridized carbons (Fsp3) is 0.650. The molecule has 0 radical (unpaired) electrons. The van der Waals surface area contributed by atoms with Gasteiger partial charge in [0.2, 0.25) is 5.91 Å². The summed E-state index contributed by atoms with van der Waals surface area (Å²) >= 11 is 0. The lowest BCUT2D eigenvalue weighted by molar-refractivity contribution is -0.135. The summed E-state index contributed by atoms with van der Waals surface area (Å²) in [4.78, 5) is 13.6. The van der Waals surface area contributed by atoms with E-state index in [1.165, 1.54) is 12.1 Å². The van der Waals surface area contributed by atoms with Gasteiger partial charge in [-0.1, -0.05) is 0 Å². The van der Waals surface area contributed by atoms with E-state index in [4.69, 9.17) is 10.5 Å². The van der Waals surface area contributed by atoms with Crippen molar-refractivity contribution >= 4 is 5.91 Å². The maximum absolute atomic E-state index is 13.4. The summed E-state index contributed by atoms with van der Waals surface area (Å²) in [6, 6.07) is 3.67. The summed E-state index contributed by atoms with van der Waals surface area (Å²) in [6.07, 6.45) is 5.37. The topological polar surface area (TPSA) is 55.6 Å². The Hall–Kier alpha value is -1.53. The molecule has 0 bridgehead atoms. The number of halogens is 2. The number of hydrogen-bond acceptors (Lipinski definition) is 3. The minimum atomic E-state index is -0.519. The van der Waals surface area contributed by atoms with Crippen LogP contribution in [0.3, 0.4) is 0 Å². The Labute approximate surface area is 153 Å². The second kappa shape index (κ2) is 8.44. The van der Waals surface area contributed by atoms with Crippen molar-refractivity contribution in [1.29, 1.82) is 0 Å². The number of nitrogens with two attached hydrogens (primary N) is 1. The van der Waals surface area contributed by atoms with Crippen LogP contribution >= 0.6 is 0 Å². The molecule has 1 aromatic rings. The molecule has 2 aliphatic rings. The number of piperidine rings is 1. The van der Waals surface area contributed by atoms with Gasteiger partial charge in [-0.2, -0.15) is 0 Å². The maximum Gasteiger partial charge on any atom is 0.219 e. The molecular formula is C20H28F2N2O2. The third-order valence-corrected chi connectivity index (χ3v) is 5.77. The van der Waals surface area contributed by atoms with Crippen LogP contribution in [0.2, 0.25) is 0 Å². The Morgan fingerprint density at radius 3 is 2.42 bits per heavy atom. The summed E-state index contributed by atoms with van der Waals surface area (Å²) in [6.45, 7) is 2.79. The number of carbonyl (C=O) groups excluding carboxylic acids is 1. The summed E-state index contributed by atoms with van der Waals surface area (Å²) in [5.74, 6) is -0.820. The molecular weight excluding hydrogens is 338 g/mol. The van der Waals surface area contributed by atoms with Gasteiger partial charge in [-0.25, -0.2) is 8.78 Å². The number of rotatable bonds is 4. The Kier molecular flexibility index (Phi) is 6.24. The molecule has 2 N–H and O–H groups in total. The molecule has 1 heterocycles. The van der Waals surface area contributed by atoms with E-state index in [2.05, 4.69) is 0 Å². The van der Waals surface area contributed by atoms with Crippen molar-refractivity contribution in [3.63, 3.8) is 0 Å². The fourth-order valence-corrected chi connectivity index (χ4v) is 4.30. The summed E-state index contributed by atoms with van der Waals surface area (Å²) in [7, 11) is 0. The van der Waals surface area contributed by atoms with Gasteiger partial charge in [-0.05, 0) is 62.1 Å². The molecule has 2 atom stereocenters. The smallest absolute Gasteiger partial charge is 0.219 e. The van der Waals surface area contributed by atoms with E-state index in [0.29, 0.717) is 6.61 Å². The minimum Gasteiger partial charge on any atom is -0.376 e. The minimum absolute atomic E-state index is 0.0424. The van der Waals surface area contributed by atoms with Crippen LogP contribution in [0.1, 0.15) is 56.9 Å². The molecule has 1 aromatic carbocycles. The first-order valence-corrected chi connectivity index (χ1v) is 9.54. The Balaban J connectivity index is 1.51. The predicted octanol–water partition coefficient (Wildman–Crippen LogP) is 3.35. The molecule has 0 spiro atoms. The number of nitrogens with zero attached hydrogens (tertiary/aromatic N) is 1. The van der Waals surface area contributed by atoms with E-state index >= 15 is 0 Å². The van der Waals surface area contributed by atoms with E-state index < -0.39 is 11.6 Å². The van der Waals surface area contributed by atoms with Gasteiger partial charge in [0.25, 0.3) is 0 Å². The van der Waals surface area contributed by atoms with Crippen LogP contribution in [0.4, 0.5) is 8.78 Å². The second-order valence-electron chi connectivity index (χ2n) is 7.60. The van der Waals surface area contributed by atoms with Gasteiger partial charge in [0.1, 0.15) is 11.6 Å². The van der Waals surface area contributed by atoms with Crippen molar-refractivity contribution in [2.24, 2.45) is 5.73 Å². The molecule has 3 rings (SSSR count). The number of amides is 1. The zero-order valence-electron chi connectivity index (χ0n) is 15.3. The molecule has 0 aromatic heterocycles. The normalized spacial score (nSPS) is 29.6. The first-order valence-electron chi connectivity index (χ1n) is 9.54. The largest absolute Gasteiger partial charge is 0.376 e. The number of likely N-dealkylation sites (tertiary alicyclic amines) is 1. The molecule has 1 saturated carbocycles. The van der Waals surface area contributed by atoms with E-state index in [0.717, 1.165) is 56.7 Å². The Morgan fingerprint density at radius 1 is 1.15 bits per heavy atom. The SMILES string of the molecule is CC(=O)N1CCCC(N)[C@@H]1COC1CCC(c2cc(F)cc(F)c2)CC1. The lowest BCUT2D eigenvalue weighted by atomic mass is 9.82. The van der Waals surface area contributed by atoms with E-state index in [1.807, 2.05) is 4.90 Å². The fourth-order valence-electron chi connectivity index (χ4n) is 4.30. The van der Waals surface area contributed by atoms with Crippen LogP contribution in [0.15, 0.2) is 18.2 Å². The summed E-state index contributed by atoms with van der Waals surface area (Å²) in [5.41, 5.74) is 6.94. The molecule has 1 unspecified atom stereocenters. The van der Waals surface area contributed by atoms with Gasteiger partial charge in [-0.3, -0.25) is 4.79 Å². The van der Waals surface area contributed by atoms with Gasteiger partial charge in [0.15, 0.2) is 0 Å². The molecule has 2 fully saturated rings. The highest BCUT2D eigenvalue weighted by atomic mass is 19.1. The van der Waals surface area contributed by atoms with Crippen LogP contribution < -0.4 is 5.73 Å². The van der Waals surface area contributed by atoms with Gasteiger partial charge < -0.3 is 15.4 Å². The summed E-state index contributed by atoms with van der Waals surface area (Å²) in [5, 5.41) is 0. The van der Waals surface area contributed by atoms with Crippen molar-refractivity contribution in [1.82, 2.24) is 4.90 Å². The van der Waals surface area contributed by atoms with E-state index in [9.17, 15) is 13.6 Å². The van der Waals surface area contributed by atoms with Gasteiger partial charge >= 0.3 is 0 Å². The average molecular weight is 366 g/mol. The standard InChI is InChI=1S/C20H28F2N2O2/c1-13(25)24-8-2-3-19(23)20(24)12-26-18-6-4-14(5-7-18)15-9-16(21)11-17(22)10-15/h9-11,14,18-20H,2-8,12,23H2,1H3/t14?,18?,19?,20-/m0/s1. The second-order valence-corrected chi connectivity index (χ2v) is 7.60. The lowest BCUT2D eigenvalue weighted by Crippen LogP contribution is -2.56. The molecule has 4 nitrogen and oxygen atoms in total. The molecule has 144 valence electrons. The zero-order chi connectivity index (χ0) is 18.7. The van der Waals surface area contributed by atoms with Crippen LogP contribution in [0.5, 0.6) is 0 Å². The quantitative estimate of drug-likeness (QED) is 0.889. The van der Waals surface area contributed by atoms with E-state index in [-0.39, 0.29) is 30.0 Å². The van der Waals surface area contributed by atoms with Crippen molar-refractivity contribution in [2.45, 2.75) is 69.6 Å². The highest BCUT2D eigenvalue weighted by Crippen LogP contribution is 2.35. The van der Waals surface area contributed by atoms with Gasteiger partial charge in [-0.15, -0.1) is 0 Å². The number of carbonyl (C=O) groups is 1. The number of hydrogen-bond donors (Lipinski definition) is 1. The monoisotopic (exact) mass is 366 g/mol. The lowest BCUT2D eigenvalue weighted by Gasteiger charge is -2.40. The molecule has 1 aliphatic heterocycles. The third-order valence-electron chi connectivity index (χ3n) is 5.77. The first-order chi connectivity index (χ1) is 12.4. The zero-order valence-corrected chi connectivity index (χ0v) is 15.3.